The first-order valence-electron chi connectivity index (χ1n) is 8.65. The molecule has 0 bridgehead atoms. The number of ether oxygens (including phenoxy) is 1. The van der Waals surface area contributed by atoms with Gasteiger partial charge in [-0.15, -0.1) is 0 Å². The standard InChI is InChI=1S/C19H24N4O2/c1-4-25-18-12-16(20-13-21-18)19(24)23-9-7-22(8-10-23)17-11-14(2)5-6-15(17)3/h5-6,11-13H,4,7-10H2,1-3H3. The Morgan fingerprint density at radius 1 is 1.12 bits per heavy atom. The summed E-state index contributed by atoms with van der Waals surface area (Å²) in [5, 5.41) is 0. The van der Waals surface area contributed by atoms with E-state index in [9.17, 15) is 4.79 Å². The molecule has 0 N–H and O–H groups in total. The molecule has 2 heterocycles. The van der Waals surface area contributed by atoms with E-state index in [4.69, 9.17) is 4.74 Å². The van der Waals surface area contributed by atoms with E-state index in [0.717, 1.165) is 13.1 Å². The molecule has 1 saturated heterocycles. The van der Waals surface area contributed by atoms with Crippen LogP contribution in [0.15, 0.2) is 30.6 Å². The lowest BCUT2D eigenvalue weighted by molar-refractivity contribution is 0.0740. The fourth-order valence-electron chi connectivity index (χ4n) is 3.06. The quantitative estimate of drug-likeness (QED) is 0.856. The third-order valence-electron chi connectivity index (χ3n) is 4.43. The Labute approximate surface area is 148 Å². The van der Waals surface area contributed by atoms with Gasteiger partial charge in [-0.3, -0.25) is 4.79 Å². The number of amides is 1. The average Bonchev–Trinajstić information content (AvgIpc) is 2.64. The van der Waals surface area contributed by atoms with E-state index in [1.807, 2.05) is 11.8 Å². The monoisotopic (exact) mass is 340 g/mol. The number of rotatable bonds is 4. The third-order valence-corrected chi connectivity index (χ3v) is 4.43. The van der Waals surface area contributed by atoms with Crippen molar-refractivity contribution in [2.24, 2.45) is 0 Å². The Balaban J connectivity index is 1.66. The van der Waals surface area contributed by atoms with Gasteiger partial charge in [-0.05, 0) is 38.0 Å². The van der Waals surface area contributed by atoms with Gasteiger partial charge in [-0.1, -0.05) is 12.1 Å². The second kappa shape index (κ2) is 7.51. The maximum absolute atomic E-state index is 12.7. The first-order chi connectivity index (χ1) is 12.1. The van der Waals surface area contributed by atoms with Crippen molar-refractivity contribution >= 4 is 11.6 Å². The maximum atomic E-state index is 12.7. The van der Waals surface area contributed by atoms with E-state index in [1.54, 1.807) is 6.07 Å². The zero-order chi connectivity index (χ0) is 17.8. The number of nitrogens with zero attached hydrogens (tertiary/aromatic N) is 4. The highest BCUT2D eigenvalue weighted by Crippen LogP contribution is 2.23. The molecule has 0 saturated carbocycles. The zero-order valence-corrected chi connectivity index (χ0v) is 15.0. The lowest BCUT2D eigenvalue weighted by Gasteiger charge is -2.36. The Morgan fingerprint density at radius 3 is 2.60 bits per heavy atom. The first-order valence-corrected chi connectivity index (χ1v) is 8.65. The molecule has 1 fully saturated rings. The van der Waals surface area contributed by atoms with Crippen LogP contribution < -0.4 is 9.64 Å². The summed E-state index contributed by atoms with van der Waals surface area (Å²) in [6, 6.07) is 8.11. The van der Waals surface area contributed by atoms with Crippen molar-refractivity contribution in [1.82, 2.24) is 14.9 Å². The summed E-state index contributed by atoms with van der Waals surface area (Å²) in [5.41, 5.74) is 4.16. The SMILES string of the molecule is CCOc1cc(C(=O)N2CCN(c3cc(C)ccc3C)CC2)ncn1. The van der Waals surface area contributed by atoms with Crippen LogP contribution in [-0.4, -0.2) is 53.6 Å². The van der Waals surface area contributed by atoms with Crippen molar-refractivity contribution in [1.29, 1.82) is 0 Å². The summed E-state index contributed by atoms with van der Waals surface area (Å²) in [5.74, 6) is 0.374. The average molecular weight is 340 g/mol. The molecule has 25 heavy (non-hydrogen) atoms. The second-order valence-corrected chi connectivity index (χ2v) is 6.24. The van der Waals surface area contributed by atoms with Crippen molar-refractivity contribution in [2.45, 2.75) is 20.8 Å². The Morgan fingerprint density at radius 2 is 1.88 bits per heavy atom. The van der Waals surface area contributed by atoms with E-state index < -0.39 is 0 Å². The summed E-state index contributed by atoms with van der Waals surface area (Å²) < 4.78 is 5.35. The van der Waals surface area contributed by atoms with Gasteiger partial charge in [0.2, 0.25) is 5.88 Å². The Kier molecular flexibility index (Phi) is 5.16. The highest BCUT2D eigenvalue weighted by atomic mass is 16.5. The Hall–Kier alpha value is -2.63. The zero-order valence-electron chi connectivity index (χ0n) is 15.0. The molecule has 0 radical (unpaired) electrons. The maximum Gasteiger partial charge on any atom is 0.272 e. The summed E-state index contributed by atoms with van der Waals surface area (Å²) >= 11 is 0. The first kappa shape index (κ1) is 17.2. The van der Waals surface area contributed by atoms with Gasteiger partial charge in [0.1, 0.15) is 12.0 Å². The van der Waals surface area contributed by atoms with Crippen LogP contribution in [0.4, 0.5) is 5.69 Å². The van der Waals surface area contributed by atoms with Crippen LogP contribution in [-0.2, 0) is 0 Å². The molecule has 1 aliphatic rings. The van der Waals surface area contributed by atoms with Crippen LogP contribution in [0.2, 0.25) is 0 Å². The van der Waals surface area contributed by atoms with E-state index in [1.165, 1.54) is 23.1 Å². The van der Waals surface area contributed by atoms with Gasteiger partial charge in [-0.2, -0.15) is 0 Å². The van der Waals surface area contributed by atoms with Gasteiger partial charge < -0.3 is 14.5 Å². The van der Waals surface area contributed by atoms with Crippen LogP contribution in [0.1, 0.15) is 28.5 Å². The number of aryl methyl sites for hydroxylation is 2. The molecular weight excluding hydrogens is 316 g/mol. The van der Waals surface area contributed by atoms with Gasteiger partial charge >= 0.3 is 0 Å². The van der Waals surface area contributed by atoms with Gasteiger partial charge in [-0.25, -0.2) is 9.97 Å². The summed E-state index contributed by atoms with van der Waals surface area (Å²) in [6.45, 7) is 9.63. The molecule has 0 aliphatic carbocycles. The number of hydrogen-bond acceptors (Lipinski definition) is 5. The number of benzene rings is 1. The number of anilines is 1. The predicted octanol–water partition coefficient (Wildman–Crippen LogP) is 2.45. The number of carbonyl (C=O) groups excluding carboxylic acids is 1. The van der Waals surface area contributed by atoms with Crippen LogP contribution in [0.5, 0.6) is 5.88 Å². The molecule has 1 aliphatic heterocycles. The molecule has 3 rings (SSSR count). The van der Waals surface area contributed by atoms with E-state index in [2.05, 4.69) is 46.9 Å². The molecule has 132 valence electrons. The molecule has 1 amide bonds. The lowest BCUT2D eigenvalue weighted by atomic mass is 10.1. The normalized spacial score (nSPS) is 14.5. The van der Waals surface area contributed by atoms with Crippen molar-refractivity contribution in [3.8, 4) is 5.88 Å². The van der Waals surface area contributed by atoms with E-state index in [0.29, 0.717) is 31.3 Å². The van der Waals surface area contributed by atoms with Crippen molar-refractivity contribution in [3.63, 3.8) is 0 Å². The highest BCUT2D eigenvalue weighted by molar-refractivity contribution is 5.92. The molecule has 6 nitrogen and oxygen atoms in total. The molecule has 0 spiro atoms. The number of piperazine rings is 1. The molecular formula is C19H24N4O2. The number of aromatic nitrogens is 2. The van der Waals surface area contributed by atoms with Crippen molar-refractivity contribution in [2.75, 3.05) is 37.7 Å². The van der Waals surface area contributed by atoms with Crippen LogP contribution in [0, 0.1) is 13.8 Å². The van der Waals surface area contributed by atoms with Crippen molar-refractivity contribution < 1.29 is 9.53 Å². The fourth-order valence-corrected chi connectivity index (χ4v) is 3.06. The van der Waals surface area contributed by atoms with Gasteiger partial charge in [0.15, 0.2) is 0 Å². The number of carbonyl (C=O) groups is 1. The second-order valence-electron chi connectivity index (χ2n) is 6.24. The predicted molar refractivity (Wildman–Crippen MR) is 97.2 cm³/mol. The minimum atomic E-state index is -0.0658. The smallest absolute Gasteiger partial charge is 0.272 e. The molecule has 0 unspecified atom stereocenters. The van der Waals surface area contributed by atoms with Crippen LogP contribution in [0.25, 0.3) is 0 Å². The Bertz CT molecular complexity index is 755. The minimum Gasteiger partial charge on any atom is -0.478 e. The van der Waals surface area contributed by atoms with Crippen LogP contribution in [0.3, 0.4) is 0 Å². The van der Waals surface area contributed by atoms with Crippen LogP contribution >= 0.6 is 0 Å². The molecule has 1 aromatic carbocycles. The molecule has 0 atom stereocenters. The number of hydrogen-bond donors (Lipinski definition) is 0. The van der Waals surface area contributed by atoms with E-state index >= 15 is 0 Å². The largest absolute Gasteiger partial charge is 0.478 e. The van der Waals surface area contributed by atoms with Gasteiger partial charge in [0.05, 0.1) is 6.61 Å². The molecule has 1 aromatic heterocycles. The van der Waals surface area contributed by atoms with Gasteiger partial charge in [0, 0.05) is 37.9 Å². The highest BCUT2D eigenvalue weighted by Gasteiger charge is 2.24. The summed E-state index contributed by atoms with van der Waals surface area (Å²) in [7, 11) is 0. The van der Waals surface area contributed by atoms with Crippen molar-refractivity contribution in [3.05, 3.63) is 47.4 Å². The molecule has 6 heteroatoms. The fraction of sp³-hybridized carbons (Fsp3) is 0.421. The summed E-state index contributed by atoms with van der Waals surface area (Å²) in [6.07, 6.45) is 1.38. The topological polar surface area (TPSA) is 58.6 Å². The van der Waals surface area contributed by atoms with E-state index in [-0.39, 0.29) is 5.91 Å². The van der Waals surface area contributed by atoms with Gasteiger partial charge in [0.25, 0.3) is 5.91 Å². The molecule has 2 aromatic rings. The lowest BCUT2D eigenvalue weighted by Crippen LogP contribution is -2.49. The third kappa shape index (κ3) is 3.90. The minimum absolute atomic E-state index is 0.0658. The summed E-state index contributed by atoms with van der Waals surface area (Å²) in [4.78, 5) is 25.0.